The third-order valence-electron chi connectivity index (χ3n) is 1.65. The summed E-state index contributed by atoms with van der Waals surface area (Å²) in [5.41, 5.74) is 6.86. The minimum absolute atomic E-state index is 0.256. The Morgan fingerprint density at radius 3 is 2.85 bits per heavy atom. The second-order valence-corrected chi connectivity index (χ2v) is 2.94. The van der Waals surface area contributed by atoms with E-state index in [2.05, 4.69) is 10.3 Å². The summed E-state index contributed by atoms with van der Waals surface area (Å²) in [6.45, 7) is 3.12. The number of nitrogens with zero attached hydrogens (tertiary/aromatic N) is 3. The number of methoxy groups -OCH3 is 1. The van der Waals surface area contributed by atoms with Crippen molar-refractivity contribution in [3.63, 3.8) is 0 Å². The number of thiocarbonyl (C=S) groups is 1. The Kier molecular flexibility index (Phi) is 3.32. The molecule has 72 valence electrons. The van der Waals surface area contributed by atoms with E-state index in [0.29, 0.717) is 12.3 Å². The highest BCUT2D eigenvalue weighted by atomic mass is 32.1. The summed E-state index contributed by atoms with van der Waals surface area (Å²) >= 11 is 4.83. The number of nitrogens with two attached hydrogens (primary N) is 1. The van der Waals surface area contributed by atoms with Gasteiger partial charge in [-0.05, 0) is 6.92 Å². The summed E-state index contributed by atoms with van der Waals surface area (Å²) in [4.78, 5) is 0.256. The normalized spacial score (nSPS) is 10.3. The first-order valence-corrected chi connectivity index (χ1v) is 4.32. The molecule has 0 atom stereocenters. The van der Waals surface area contributed by atoms with E-state index < -0.39 is 0 Å². The molecule has 0 aromatic carbocycles. The standard InChI is InChI=1S/C7H12N4OS/c1-3-11-5(4-12-2)6(7(8)13)9-10-11/h3-4H2,1-2H3,(H2,8,13). The van der Waals surface area contributed by atoms with Crippen LogP contribution in [0.3, 0.4) is 0 Å². The Hall–Kier alpha value is -1.01. The Balaban J connectivity index is 3.06. The highest BCUT2D eigenvalue weighted by molar-refractivity contribution is 7.80. The topological polar surface area (TPSA) is 66.0 Å². The highest BCUT2D eigenvalue weighted by Crippen LogP contribution is 2.06. The summed E-state index contributed by atoms with van der Waals surface area (Å²) in [5, 5.41) is 7.77. The smallest absolute Gasteiger partial charge is 0.145 e. The molecule has 0 radical (unpaired) electrons. The van der Waals surface area contributed by atoms with Crippen molar-refractivity contribution in [1.29, 1.82) is 0 Å². The number of ether oxygens (including phenoxy) is 1. The van der Waals surface area contributed by atoms with Gasteiger partial charge in [0.25, 0.3) is 0 Å². The minimum atomic E-state index is 0.256. The number of aryl methyl sites for hydroxylation is 1. The Labute approximate surface area is 81.9 Å². The predicted octanol–water partition coefficient (Wildman–Crippen LogP) is 0.0786. The van der Waals surface area contributed by atoms with Crippen LogP contribution in [0, 0.1) is 0 Å². The molecule has 0 amide bonds. The lowest BCUT2D eigenvalue weighted by atomic mass is 10.3. The number of rotatable bonds is 4. The van der Waals surface area contributed by atoms with E-state index in [4.69, 9.17) is 22.7 Å². The van der Waals surface area contributed by atoms with Crippen molar-refractivity contribution in [2.75, 3.05) is 7.11 Å². The van der Waals surface area contributed by atoms with Crippen LogP contribution in [0.15, 0.2) is 0 Å². The molecule has 1 rings (SSSR count). The van der Waals surface area contributed by atoms with Crippen molar-refractivity contribution in [3.05, 3.63) is 11.4 Å². The Morgan fingerprint density at radius 2 is 2.38 bits per heavy atom. The maximum Gasteiger partial charge on any atom is 0.145 e. The maximum absolute atomic E-state index is 5.47. The molecule has 13 heavy (non-hydrogen) atoms. The fourth-order valence-corrected chi connectivity index (χ4v) is 1.22. The van der Waals surface area contributed by atoms with Gasteiger partial charge in [-0.3, -0.25) is 0 Å². The van der Waals surface area contributed by atoms with E-state index >= 15 is 0 Å². The molecule has 0 saturated carbocycles. The zero-order valence-corrected chi connectivity index (χ0v) is 8.47. The molecular formula is C7H12N4OS. The number of hydrogen-bond donors (Lipinski definition) is 1. The molecule has 0 spiro atoms. The van der Waals surface area contributed by atoms with Gasteiger partial charge in [0.1, 0.15) is 10.7 Å². The summed E-state index contributed by atoms with van der Waals surface area (Å²) in [6.07, 6.45) is 0. The molecular weight excluding hydrogens is 188 g/mol. The van der Waals surface area contributed by atoms with Crippen molar-refractivity contribution < 1.29 is 4.74 Å². The van der Waals surface area contributed by atoms with E-state index in [9.17, 15) is 0 Å². The quantitative estimate of drug-likeness (QED) is 0.697. The molecule has 1 heterocycles. The predicted molar refractivity (Wildman–Crippen MR) is 52.3 cm³/mol. The van der Waals surface area contributed by atoms with E-state index in [-0.39, 0.29) is 4.99 Å². The molecule has 2 N–H and O–H groups in total. The van der Waals surface area contributed by atoms with Crippen molar-refractivity contribution in [1.82, 2.24) is 15.0 Å². The average Bonchev–Trinajstić information content (AvgIpc) is 2.48. The van der Waals surface area contributed by atoms with Gasteiger partial charge in [-0.15, -0.1) is 5.10 Å². The van der Waals surface area contributed by atoms with Gasteiger partial charge in [-0.2, -0.15) is 0 Å². The largest absolute Gasteiger partial charge is 0.388 e. The molecule has 0 aliphatic heterocycles. The highest BCUT2D eigenvalue weighted by Gasteiger charge is 2.13. The van der Waals surface area contributed by atoms with Crippen LogP contribution >= 0.6 is 12.2 Å². The average molecular weight is 200 g/mol. The monoisotopic (exact) mass is 200 g/mol. The van der Waals surface area contributed by atoms with E-state index in [1.807, 2.05) is 6.92 Å². The molecule has 5 nitrogen and oxygen atoms in total. The molecule has 1 aromatic heterocycles. The molecule has 0 unspecified atom stereocenters. The molecule has 0 aliphatic rings. The van der Waals surface area contributed by atoms with Crippen molar-refractivity contribution >= 4 is 17.2 Å². The van der Waals surface area contributed by atoms with Gasteiger partial charge in [0.2, 0.25) is 0 Å². The van der Waals surface area contributed by atoms with Gasteiger partial charge in [0.15, 0.2) is 0 Å². The lowest BCUT2D eigenvalue weighted by molar-refractivity contribution is 0.176. The summed E-state index contributed by atoms with van der Waals surface area (Å²) < 4.78 is 6.72. The van der Waals surface area contributed by atoms with Crippen LogP contribution in [0.25, 0.3) is 0 Å². The molecule has 0 fully saturated rings. The zero-order chi connectivity index (χ0) is 9.84. The second-order valence-electron chi connectivity index (χ2n) is 2.50. The van der Waals surface area contributed by atoms with Gasteiger partial charge in [-0.1, -0.05) is 17.4 Å². The van der Waals surface area contributed by atoms with Gasteiger partial charge >= 0.3 is 0 Å². The lowest BCUT2D eigenvalue weighted by Gasteiger charge is -2.03. The number of aromatic nitrogens is 3. The molecule has 6 heteroatoms. The summed E-state index contributed by atoms with van der Waals surface area (Å²) in [5.74, 6) is 0. The first kappa shape index (κ1) is 10.1. The molecule has 1 aromatic rings. The molecule has 0 saturated heterocycles. The third-order valence-corrected chi connectivity index (χ3v) is 1.84. The SMILES string of the molecule is CCn1nnc(C(N)=S)c1COC. The van der Waals surface area contributed by atoms with Gasteiger partial charge in [0.05, 0.1) is 12.3 Å². The van der Waals surface area contributed by atoms with Gasteiger partial charge in [0, 0.05) is 13.7 Å². The van der Waals surface area contributed by atoms with Gasteiger partial charge in [-0.25, -0.2) is 4.68 Å². The second kappa shape index (κ2) is 4.29. The van der Waals surface area contributed by atoms with Crippen LogP contribution in [0.1, 0.15) is 18.3 Å². The van der Waals surface area contributed by atoms with Crippen LogP contribution < -0.4 is 5.73 Å². The lowest BCUT2D eigenvalue weighted by Crippen LogP contribution is -2.14. The van der Waals surface area contributed by atoms with E-state index in [0.717, 1.165) is 12.2 Å². The first-order chi connectivity index (χ1) is 6.20. The number of hydrogen-bond acceptors (Lipinski definition) is 4. The fraction of sp³-hybridized carbons (Fsp3) is 0.571. The van der Waals surface area contributed by atoms with Crippen LogP contribution in [0.5, 0.6) is 0 Å². The molecule has 0 bridgehead atoms. The van der Waals surface area contributed by atoms with E-state index in [1.165, 1.54) is 0 Å². The van der Waals surface area contributed by atoms with Crippen molar-refractivity contribution in [2.45, 2.75) is 20.1 Å². The van der Waals surface area contributed by atoms with Crippen molar-refractivity contribution in [3.8, 4) is 0 Å². The molecule has 0 aliphatic carbocycles. The third kappa shape index (κ3) is 2.02. The minimum Gasteiger partial charge on any atom is -0.388 e. The van der Waals surface area contributed by atoms with E-state index in [1.54, 1.807) is 11.8 Å². The fourth-order valence-electron chi connectivity index (χ4n) is 1.06. The van der Waals surface area contributed by atoms with Crippen LogP contribution in [0.2, 0.25) is 0 Å². The Bertz CT molecular complexity index is 309. The van der Waals surface area contributed by atoms with Crippen LogP contribution in [0.4, 0.5) is 0 Å². The zero-order valence-electron chi connectivity index (χ0n) is 7.65. The maximum atomic E-state index is 5.47. The Morgan fingerprint density at radius 1 is 1.69 bits per heavy atom. The van der Waals surface area contributed by atoms with Crippen molar-refractivity contribution in [2.24, 2.45) is 5.73 Å². The van der Waals surface area contributed by atoms with Crippen LogP contribution in [-0.2, 0) is 17.9 Å². The van der Waals surface area contributed by atoms with Gasteiger partial charge < -0.3 is 10.5 Å². The first-order valence-electron chi connectivity index (χ1n) is 3.91. The summed E-state index contributed by atoms with van der Waals surface area (Å²) in [6, 6.07) is 0. The summed E-state index contributed by atoms with van der Waals surface area (Å²) in [7, 11) is 1.61. The van der Waals surface area contributed by atoms with Crippen LogP contribution in [-0.4, -0.2) is 27.1 Å².